The number of carbonyl (C=O) groups excluding carboxylic acids is 2. The van der Waals surface area contributed by atoms with Crippen molar-refractivity contribution in [2.45, 2.75) is 25.3 Å². The smallest absolute Gasteiger partial charge is 0.251 e. The highest BCUT2D eigenvalue weighted by molar-refractivity contribution is 5.94. The first-order valence-electron chi connectivity index (χ1n) is 7.25. The Hall–Kier alpha value is -2.35. The summed E-state index contributed by atoms with van der Waals surface area (Å²) in [4.78, 5) is 25.9. The van der Waals surface area contributed by atoms with E-state index in [4.69, 9.17) is 5.26 Å². The van der Waals surface area contributed by atoms with Gasteiger partial charge >= 0.3 is 0 Å². The summed E-state index contributed by atoms with van der Waals surface area (Å²) in [7, 11) is 0. The number of carbonyl (C=O) groups is 2. The van der Waals surface area contributed by atoms with Crippen LogP contribution in [-0.4, -0.2) is 35.8 Å². The van der Waals surface area contributed by atoms with Crippen molar-refractivity contribution in [1.29, 1.82) is 5.26 Å². The molecule has 1 heterocycles. The molecule has 0 radical (unpaired) electrons. The van der Waals surface area contributed by atoms with Gasteiger partial charge in [-0.15, -0.1) is 0 Å². The largest absolute Gasteiger partial charge is 0.352 e. The molecule has 108 valence electrons. The van der Waals surface area contributed by atoms with E-state index in [9.17, 15) is 9.59 Å². The fourth-order valence-corrected chi connectivity index (χ4v) is 2.75. The van der Waals surface area contributed by atoms with E-state index < -0.39 is 0 Å². The molecule has 2 aliphatic rings. The van der Waals surface area contributed by atoms with Gasteiger partial charge in [-0.05, 0) is 31.0 Å². The Balaban J connectivity index is 1.54. The van der Waals surface area contributed by atoms with E-state index in [1.165, 1.54) is 0 Å². The third-order valence-corrected chi connectivity index (χ3v) is 4.03. The van der Waals surface area contributed by atoms with Gasteiger partial charge in [-0.3, -0.25) is 9.59 Å². The highest BCUT2D eigenvalue weighted by Crippen LogP contribution is 2.32. The van der Waals surface area contributed by atoms with Crippen molar-refractivity contribution in [3.8, 4) is 6.07 Å². The minimum Gasteiger partial charge on any atom is -0.352 e. The lowest BCUT2D eigenvalue weighted by Gasteiger charge is -2.15. The molecule has 1 unspecified atom stereocenters. The molecular formula is C16H17N3O2. The predicted molar refractivity (Wildman–Crippen MR) is 76.3 cm³/mol. The summed E-state index contributed by atoms with van der Waals surface area (Å²) in [6.07, 6.45) is 2.76. The van der Waals surface area contributed by atoms with Crippen LogP contribution in [0.1, 0.15) is 35.2 Å². The molecule has 3 rings (SSSR count). The molecule has 5 heteroatoms. The molecule has 0 spiro atoms. The zero-order valence-corrected chi connectivity index (χ0v) is 11.7. The number of likely N-dealkylation sites (tertiary alicyclic amines) is 1. The van der Waals surface area contributed by atoms with Gasteiger partial charge in [0.25, 0.3) is 5.91 Å². The van der Waals surface area contributed by atoms with Crippen molar-refractivity contribution in [1.82, 2.24) is 10.2 Å². The standard InChI is InChI=1S/C16H17N3O2/c17-8-11-2-1-3-13(6-11)16(21)18-9-12-7-15(20)19(10-12)14-4-5-14/h1-3,6,12,14H,4-5,7,9-10H2,(H,18,21). The van der Waals surface area contributed by atoms with Crippen molar-refractivity contribution < 1.29 is 9.59 Å². The Morgan fingerprint density at radius 2 is 2.24 bits per heavy atom. The molecule has 2 fully saturated rings. The number of nitrogens with one attached hydrogen (secondary N) is 1. The minimum atomic E-state index is -0.190. The van der Waals surface area contributed by atoms with Crippen LogP contribution in [0.4, 0.5) is 0 Å². The fraction of sp³-hybridized carbons (Fsp3) is 0.438. The van der Waals surface area contributed by atoms with Crippen LogP contribution in [0.3, 0.4) is 0 Å². The topological polar surface area (TPSA) is 73.2 Å². The first kappa shape index (κ1) is 13.6. The van der Waals surface area contributed by atoms with Crippen molar-refractivity contribution in [3.63, 3.8) is 0 Å². The summed E-state index contributed by atoms with van der Waals surface area (Å²) in [6, 6.07) is 9.09. The Kier molecular flexibility index (Phi) is 3.61. The van der Waals surface area contributed by atoms with Crippen LogP contribution in [0, 0.1) is 17.2 Å². The Morgan fingerprint density at radius 3 is 2.95 bits per heavy atom. The molecule has 1 aromatic rings. The van der Waals surface area contributed by atoms with Gasteiger partial charge in [-0.1, -0.05) is 6.07 Å². The van der Waals surface area contributed by atoms with Gasteiger partial charge in [0, 0.05) is 37.0 Å². The maximum Gasteiger partial charge on any atom is 0.251 e. The minimum absolute atomic E-state index is 0.190. The van der Waals surface area contributed by atoms with Gasteiger partial charge < -0.3 is 10.2 Å². The SMILES string of the molecule is N#Cc1cccc(C(=O)NCC2CC(=O)N(C3CC3)C2)c1. The van der Waals surface area contributed by atoms with E-state index in [1.54, 1.807) is 24.3 Å². The highest BCUT2D eigenvalue weighted by atomic mass is 16.2. The van der Waals surface area contributed by atoms with E-state index in [1.807, 2.05) is 11.0 Å². The molecule has 1 N–H and O–H groups in total. The number of hydrogen-bond acceptors (Lipinski definition) is 3. The van der Waals surface area contributed by atoms with Crippen LogP contribution in [0.25, 0.3) is 0 Å². The third-order valence-electron chi connectivity index (χ3n) is 4.03. The van der Waals surface area contributed by atoms with Crippen molar-refractivity contribution in [2.75, 3.05) is 13.1 Å². The van der Waals surface area contributed by atoms with Gasteiger partial charge in [0.1, 0.15) is 0 Å². The molecule has 1 aliphatic carbocycles. The highest BCUT2D eigenvalue weighted by Gasteiger charge is 2.39. The van der Waals surface area contributed by atoms with E-state index in [-0.39, 0.29) is 17.7 Å². The second kappa shape index (κ2) is 5.57. The zero-order chi connectivity index (χ0) is 14.8. The molecule has 0 bridgehead atoms. The molecule has 0 aromatic heterocycles. The number of nitriles is 1. The summed E-state index contributed by atoms with van der Waals surface area (Å²) < 4.78 is 0. The lowest BCUT2D eigenvalue weighted by atomic mass is 10.1. The van der Waals surface area contributed by atoms with E-state index in [0.29, 0.717) is 30.1 Å². The maximum atomic E-state index is 12.1. The van der Waals surface area contributed by atoms with E-state index >= 15 is 0 Å². The van der Waals surface area contributed by atoms with Gasteiger partial charge in [0.05, 0.1) is 11.6 Å². The van der Waals surface area contributed by atoms with Gasteiger partial charge in [0.2, 0.25) is 5.91 Å². The molecular weight excluding hydrogens is 266 g/mol. The van der Waals surface area contributed by atoms with Crippen LogP contribution in [0.5, 0.6) is 0 Å². The monoisotopic (exact) mass is 283 g/mol. The molecule has 5 nitrogen and oxygen atoms in total. The summed E-state index contributed by atoms with van der Waals surface area (Å²) in [5.74, 6) is 0.217. The summed E-state index contributed by atoms with van der Waals surface area (Å²) >= 11 is 0. The first-order valence-corrected chi connectivity index (χ1v) is 7.25. The first-order chi connectivity index (χ1) is 10.2. The van der Waals surface area contributed by atoms with Crippen LogP contribution in [-0.2, 0) is 4.79 Å². The normalized spacial score (nSPS) is 21.2. The number of benzene rings is 1. The Morgan fingerprint density at radius 1 is 1.43 bits per heavy atom. The van der Waals surface area contributed by atoms with E-state index in [0.717, 1.165) is 19.4 Å². The van der Waals surface area contributed by atoms with Gasteiger partial charge in [-0.2, -0.15) is 5.26 Å². The molecule has 1 saturated heterocycles. The second-order valence-electron chi connectivity index (χ2n) is 5.75. The number of nitrogens with zero attached hydrogens (tertiary/aromatic N) is 2. The van der Waals surface area contributed by atoms with Gasteiger partial charge in [-0.25, -0.2) is 0 Å². The van der Waals surface area contributed by atoms with Crippen LogP contribution in [0.15, 0.2) is 24.3 Å². The summed E-state index contributed by atoms with van der Waals surface area (Å²) in [5, 5.41) is 11.7. The quantitative estimate of drug-likeness (QED) is 0.905. The van der Waals surface area contributed by atoms with Gasteiger partial charge in [0.15, 0.2) is 0 Å². The Labute approximate surface area is 123 Å². The maximum absolute atomic E-state index is 12.1. The number of rotatable bonds is 4. The van der Waals surface area contributed by atoms with Crippen LogP contribution < -0.4 is 5.32 Å². The summed E-state index contributed by atoms with van der Waals surface area (Å²) in [5.41, 5.74) is 0.955. The molecule has 1 aromatic carbocycles. The Bertz CT molecular complexity index is 616. The zero-order valence-electron chi connectivity index (χ0n) is 11.7. The molecule has 1 aliphatic heterocycles. The molecule has 21 heavy (non-hydrogen) atoms. The molecule has 1 saturated carbocycles. The van der Waals surface area contributed by atoms with Crippen molar-refractivity contribution in [2.24, 2.45) is 5.92 Å². The second-order valence-corrected chi connectivity index (χ2v) is 5.75. The van der Waals surface area contributed by atoms with E-state index in [2.05, 4.69) is 5.32 Å². The summed E-state index contributed by atoms with van der Waals surface area (Å²) in [6.45, 7) is 1.26. The number of hydrogen-bond donors (Lipinski definition) is 1. The van der Waals surface area contributed by atoms with Crippen LogP contribution in [0.2, 0.25) is 0 Å². The average molecular weight is 283 g/mol. The third kappa shape index (κ3) is 3.05. The van der Waals surface area contributed by atoms with Crippen LogP contribution >= 0.6 is 0 Å². The lowest BCUT2D eigenvalue weighted by molar-refractivity contribution is -0.128. The predicted octanol–water partition coefficient (Wildman–Crippen LogP) is 1.30. The number of amides is 2. The lowest BCUT2D eigenvalue weighted by Crippen LogP contribution is -2.32. The molecule has 1 atom stereocenters. The van der Waals surface area contributed by atoms with Crippen molar-refractivity contribution in [3.05, 3.63) is 35.4 Å². The molecule has 2 amide bonds. The van der Waals surface area contributed by atoms with Crippen molar-refractivity contribution >= 4 is 11.8 Å². The fourth-order valence-electron chi connectivity index (χ4n) is 2.75. The average Bonchev–Trinajstić information content (AvgIpc) is 3.28.